The Balaban J connectivity index is 2.40. The fraction of sp³-hybridized carbons (Fsp3) is 0.588. The summed E-state index contributed by atoms with van der Waals surface area (Å²) in [5, 5.41) is 11.3. The zero-order valence-electron chi connectivity index (χ0n) is 15.3. The first-order chi connectivity index (χ1) is 11.0. The molecule has 0 saturated heterocycles. The number of hydrogen-bond donors (Lipinski definition) is 0. The Bertz CT molecular complexity index is 667. The molecule has 0 saturated carbocycles. The van der Waals surface area contributed by atoms with Crippen molar-refractivity contribution < 1.29 is 14.1 Å². The van der Waals surface area contributed by atoms with Gasteiger partial charge in [0.15, 0.2) is 8.32 Å². The topological polar surface area (TPSA) is 72.7 Å². The molecule has 0 spiro atoms. The van der Waals surface area contributed by atoms with Crippen molar-refractivity contribution in [2.24, 2.45) is 0 Å². The first kappa shape index (κ1) is 18.6. The maximum Gasteiger partial charge on any atom is 0.274 e. The molecular formula is C17H26N2O4Si. The normalized spacial score (nSPS) is 16.8. The van der Waals surface area contributed by atoms with E-state index >= 15 is 0 Å². The largest absolute Gasteiger partial charge is 0.397 e. The van der Waals surface area contributed by atoms with E-state index in [1.54, 1.807) is 17.0 Å². The summed E-state index contributed by atoms with van der Waals surface area (Å²) in [6.07, 6.45) is 0.219. The van der Waals surface area contributed by atoms with Gasteiger partial charge in [-0.05, 0) is 37.5 Å². The van der Waals surface area contributed by atoms with Crippen LogP contribution in [0, 0.1) is 10.1 Å². The zero-order chi connectivity index (χ0) is 18.3. The van der Waals surface area contributed by atoms with Crippen LogP contribution in [0.3, 0.4) is 0 Å². The highest BCUT2D eigenvalue weighted by Gasteiger charge is 2.41. The fourth-order valence-electron chi connectivity index (χ4n) is 2.76. The molecule has 0 aliphatic carbocycles. The first-order valence-corrected chi connectivity index (χ1v) is 11.1. The lowest BCUT2D eigenvalue weighted by Crippen LogP contribution is -2.51. The van der Waals surface area contributed by atoms with Gasteiger partial charge in [0.2, 0.25) is 5.91 Å². The van der Waals surface area contributed by atoms with Gasteiger partial charge >= 0.3 is 0 Å². The third-order valence-electron chi connectivity index (χ3n) is 5.08. The lowest BCUT2D eigenvalue weighted by Gasteiger charge is -2.42. The van der Waals surface area contributed by atoms with Crippen LogP contribution in [-0.4, -0.2) is 25.4 Å². The Morgan fingerprint density at radius 1 is 1.29 bits per heavy atom. The Morgan fingerprint density at radius 3 is 2.46 bits per heavy atom. The van der Waals surface area contributed by atoms with E-state index in [4.69, 9.17) is 4.43 Å². The molecule has 1 aliphatic heterocycles. The molecule has 1 heterocycles. The van der Waals surface area contributed by atoms with Crippen molar-refractivity contribution in [3.8, 4) is 0 Å². The smallest absolute Gasteiger partial charge is 0.274 e. The van der Waals surface area contributed by atoms with Gasteiger partial charge in [-0.25, -0.2) is 0 Å². The number of nitro groups is 1. The third-order valence-corrected chi connectivity index (χ3v) is 9.62. The zero-order valence-corrected chi connectivity index (χ0v) is 16.3. The van der Waals surface area contributed by atoms with E-state index in [9.17, 15) is 14.9 Å². The van der Waals surface area contributed by atoms with Crippen molar-refractivity contribution in [3.05, 3.63) is 33.9 Å². The van der Waals surface area contributed by atoms with E-state index < -0.39 is 14.5 Å². The number of rotatable bonds is 4. The average molecular weight is 350 g/mol. The second-order valence-electron chi connectivity index (χ2n) is 7.77. The quantitative estimate of drug-likeness (QED) is 0.462. The molecule has 0 N–H and O–H groups in total. The van der Waals surface area contributed by atoms with Crippen LogP contribution < -0.4 is 4.90 Å². The standard InChI is InChI=1S/C17H26N2O4Si/c1-12(23-24(5,6)17(2,3)4)18-14-8-7-9-15(19(21)22)13(14)10-11-16(18)20/h7-9,12H,10-11H2,1-6H3. The number of benzene rings is 1. The molecule has 0 fully saturated rings. The van der Waals surface area contributed by atoms with Crippen molar-refractivity contribution in [2.45, 2.75) is 64.9 Å². The summed E-state index contributed by atoms with van der Waals surface area (Å²) in [7, 11) is -2.07. The number of nitrogens with zero attached hydrogens (tertiary/aromatic N) is 2. The Kier molecular flexibility index (Phi) is 4.88. The Labute approximate surface area is 144 Å². The summed E-state index contributed by atoms with van der Waals surface area (Å²) in [6.45, 7) is 12.5. The van der Waals surface area contributed by atoms with Gasteiger partial charge in [-0.15, -0.1) is 0 Å². The monoisotopic (exact) mass is 350 g/mol. The van der Waals surface area contributed by atoms with Crippen molar-refractivity contribution in [1.82, 2.24) is 0 Å². The molecule has 6 nitrogen and oxygen atoms in total. The van der Waals surface area contributed by atoms with Crippen LogP contribution in [0.5, 0.6) is 0 Å². The predicted octanol–water partition coefficient (Wildman–Crippen LogP) is 4.24. The molecule has 0 bridgehead atoms. The van der Waals surface area contributed by atoms with Gasteiger partial charge < -0.3 is 4.43 Å². The summed E-state index contributed by atoms with van der Waals surface area (Å²) < 4.78 is 6.34. The summed E-state index contributed by atoms with van der Waals surface area (Å²) in [5.41, 5.74) is 1.30. The van der Waals surface area contributed by atoms with Gasteiger partial charge in [0.25, 0.3) is 5.69 Å². The number of carbonyl (C=O) groups excluding carboxylic acids is 1. The van der Waals surface area contributed by atoms with E-state index in [2.05, 4.69) is 33.9 Å². The second kappa shape index (κ2) is 6.29. The Hall–Kier alpha value is -1.73. The lowest BCUT2D eigenvalue weighted by atomic mass is 9.99. The van der Waals surface area contributed by atoms with Gasteiger partial charge in [0, 0.05) is 12.5 Å². The van der Waals surface area contributed by atoms with Gasteiger partial charge in [-0.2, -0.15) is 0 Å². The summed E-state index contributed by atoms with van der Waals surface area (Å²) >= 11 is 0. The number of hydrogen-bond acceptors (Lipinski definition) is 4. The van der Waals surface area contributed by atoms with E-state index in [0.717, 1.165) is 0 Å². The third kappa shape index (κ3) is 3.37. The van der Waals surface area contributed by atoms with Crippen LogP contribution in [0.25, 0.3) is 0 Å². The SMILES string of the molecule is CC(O[Si](C)(C)C(C)(C)C)N1C(=O)CCc2c1cccc2[N+](=O)[O-]. The number of anilines is 1. The van der Waals surface area contributed by atoms with Gasteiger partial charge in [0.1, 0.15) is 6.23 Å². The molecule has 132 valence electrons. The van der Waals surface area contributed by atoms with Crippen molar-refractivity contribution in [2.75, 3.05) is 4.90 Å². The second-order valence-corrected chi connectivity index (χ2v) is 12.5. The summed E-state index contributed by atoms with van der Waals surface area (Å²) in [5.74, 6) is -0.0470. The number of amides is 1. The van der Waals surface area contributed by atoms with Crippen molar-refractivity contribution >= 4 is 25.6 Å². The molecule has 1 aliphatic rings. The minimum atomic E-state index is -2.07. The Morgan fingerprint density at radius 2 is 1.92 bits per heavy atom. The molecular weight excluding hydrogens is 324 g/mol. The highest BCUT2D eigenvalue weighted by atomic mass is 28.4. The maximum absolute atomic E-state index is 12.5. The predicted molar refractivity (Wildman–Crippen MR) is 96.6 cm³/mol. The van der Waals surface area contributed by atoms with Crippen LogP contribution in [0.15, 0.2) is 18.2 Å². The minimum Gasteiger partial charge on any atom is -0.397 e. The molecule has 24 heavy (non-hydrogen) atoms. The molecule has 2 rings (SSSR count). The first-order valence-electron chi connectivity index (χ1n) is 8.22. The van der Waals surface area contributed by atoms with E-state index in [1.165, 1.54) is 6.07 Å². The molecule has 0 radical (unpaired) electrons. The van der Waals surface area contributed by atoms with Crippen LogP contribution in [0.1, 0.15) is 39.7 Å². The number of fused-ring (bicyclic) bond motifs is 1. The van der Waals surface area contributed by atoms with Crippen molar-refractivity contribution in [1.29, 1.82) is 0 Å². The van der Waals surface area contributed by atoms with Gasteiger partial charge in [-0.3, -0.25) is 19.8 Å². The molecule has 0 aromatic heterocycles. The lowest BCUT2D eigenvalue weighted by molar-refractivity contribution is -0.385. The van der Waals surface area contributed by atoms with Crippen molar-refractivity contribution in [3.63, 3.8) is 0 Å². The van der Waals surface area contributed by atoms with Crippen LogP contribution in [0.2, 0.25) is 18.1 Å². The molecule has 1 amide bonds. The number of nitro benzene ring substituents is 1. The maximum atomic E-state index is 12.5. The van der Waals surface area contributed by atoms with Gasteiger partial charge in [0.05, 0.1) is 16.2 Å². The van der Waals surface area contributed by atoms with Gasteiger partial charge in [-0.1, -0.05) is 26.8 Å². The highest BCUT2D eigenvalue weighted by molar-refractivity contribution is 6.74. The number of carbonyl (C=O) groups is 1. The average Bonchev–Trinajstić information content (AvgIpc) is 2.44. The molecule has 1 aromatic carbocycles. The van der Waals surface area contributed by atoms with Crippen LogP contribution >= 0.6 is 0 Å². The summed E-state index contributed by atoms with van der Waals surface area (Å²) in [6, 6.07) is 4.89. The van der Waals surface area contributed by atoms with E-state index in [1.807, 2.05) is 6.92 Å². The van der Waals surface area contributed by atoms with Crippen LogP contribution in [0.4, 0.5) is 11.4 Å². The van der Waals surface area contributed by atoms with Crippen LogP contribution in [-0.2, 0) is 15.6 Å². The minimum absolute atomic E-state index is 0.0195. The molecule has 7 heteroatoms. The summed E-state index contributed by atoms with van der Waals surface area (Å²) in [4.78, 5) is 25.0. The van der Waals surface area contributed by atoms with E-state index in [0.29, 0.717) is 17.7 Å². The fourth-order valence-corrected chi connectivity index (χ4v) is 4.07. The molecule has 1 atom stereocenters. The highest BCUT2D eigenvalue weighted by Crippen LogP contribution is 2.40. The van der Waals surface area contributed by atoms with E-state index in [-0.39, 0.29) is 28.0 Å². The molecule has 1 aromatic rings. The molecule has 1 unspecified atom stereocenters.